The molecule has 1 amide bonds. The smallest absolute Gasteiger partial charge is 0.265 e. The van der Waals surface area contributed by atoms with Crippen LogP contribution < -0.4 is 10.0 Å². The van der Waals surface area contributed by atoms with Gasteiger partial charge in [0.2, 0.25) is 15.9 Å². The van der Waals surface area contributed by atoms with E-state index in [0.717, 1.165) is 0 Å². The van der Waals surface area contributed by atoms with Crippen LogP contribution in [0.25, 0.3) is 0 Å². The van der Waals surface area contributed by atoms with E-state index in [0.29, 0.717) is 5.75 Å². The van der Waals surface area contributed by atoms with Gasteiger partial charge in [0.05, 0.1) is 5.75 Å². The molecule has 0 aromatic carbocycles. The van der Waals surface area contributed by atoms with Crippen LogP contribution in [0.4, 0.5) is 8.78 Å². The number of alkyl halides is 2. The second-order valence-corrected chi connectivity index (χ2v) is 7.03. The third kappa shape index (κ3) is 7.98. The zero-order chi connectivity index (χ0) is 15.8. The lowest BCUT2D eigenvalue weighted by molar-refractivity contribution is -0.123. The Hall–Kier alpha value is -0.450. The fourth-order valence-corrected chi connectivity index (χ4v) is 2.49. The van der Waals surface area contributed by atoms with Crippen LogP contribution in [0.15, 0.2) is 0 Å². The second-order valence-electron chi connectivity index (χ2n) is 4.00. The maximum atomic E-state index is 12.1. The van der Waals surface area contributed by atoms with Crippen LogP contribution in [0.2, 0.25) is 0 Å². The lowest BCUT2D eigenvalue weighted by atomic mass is 10.2. The first kappa shape index (κ1) is 19.6. The van der Waals surface area contributed by atoms with Crippen molar-refractivity contribution in [2.24, 2.45) is 0 Å². The van der Waals surface area contributed by atoms with E-state index >= 15 is 0 Å². The Labute approximate surface area is 121 Å². The molecule has 0 spiro atoms. The molecule has 0 aliphatic heterocycles. The molecule has 0 bridgehead atoms. The van der Waals surface area contributed by atoms with Crippen molar-refractivity contribution in [3.63, 3.8) is 0 Å². The fraction of sp³-hybridized carbons (Fsp3) is 0.900. The first-order valence-corrected chi connectivity index (χ1v) is 9.01. The van der Waals surface area contributed by atoms with E-state index in [1.54, 1.807) is 6.26 Å². The number of sulfonamides is 1. The van der Waals surface area contributed by atoms with Crippen LogP contribution in [0.3, 0.4) is 0 Å². The highest BCUT2D eigenvalue weighted by molar-refractivity contribution is 7.98. The minimum Gasteiger partial charge on any atom is -0.385 e. The van der Waals surface area contributed by atoms with E-state index in [-0.39, 0.29) is 12.2 Å². The molecule has 120 valence electrons. The highest BCUT2D eigenvalue weighted by Crippen LogP contribution is 2.04. The van der Waals surface area contributed by atoms with Crippen LogP contribution >= 0.6 is 11.8 Å². The molecule has 0 heterocycles. The SMILES string of the molecule is CCS(=O)(=O)NC(CCSC)C(=O)NCC(O)C(F)F. The summed E-state index contributed by atoms with van der Waals surface area (Å²) in [5.74, 6) is -0.381. The summed E-state index contributed by atoms with van der Waals surface area (Å²) in [6, 6.07) is -1.03. The number of carbonyl (C=O) groups excluding carboxylic acids is 1. The number of thioether (sulfide) groups is 1. The zero-order valence-corrected chi connectivity index (χ0v) is 12.9. The summed E-state index contributed by atoms with van der Waals surface area (Å²) >= 11 is 1.43. The lowest BCUT2D eigenvalue weighted by Crippen LogP contribution is -2.49. The van der Waals surface area contributed by atoms with Gasteiger partial charge in [-0.25, -0.2) is 21.9 Å². The maximum absolute atomic E-state index is 12.1. The predicted molar refractivity (Wildman–Crippen MR) is 74.4 cm³/mol. The first-order chi connectivity index (χ1) is 9.23. The van der Waals surface area contributed by atoms with E-state index in [4.69, 9.17) is 5.11 Å². The summed E-state index contributed by atoms with van der Waals surface area (Å²) in [6.45, 7) is 0.798. The molecule has 20 heavy (non-hydrogen) atoms. The quantitative estimate of drug-likeness (QED) is 0.514. The van der Waals surface area contributed by atoms with Gasteiger partial charge in [-0.05, 0) is 25.4 Å². The van der Waals surface area contributed by atoms with Gasteiger partial charge in [0.1, 0.15) is 12.1 Å². The molecule has 0 saturated carbocycles. The Morgan fingerprint density at radius 3 is 2.45 bits per heavy atom. The summed E-state index contributed by atoms with van der Waals surface area (Å²) in [5, 5.41) is 11.0. The topological polar surface area (TPSA) is 95.5 Å². The average molecular weight is 334 g/mol. The predicted octanol–water partition coefficient (Wildman–Crippen LogP) is -0.210. The molecule has 0 aliphatic rings. The molecule has 10 heteroatoms. The molecule has 0 aromatic heterocycles. The van der Waals surface area contributed by atoms with E-state index in [1.165, 1.54) is 18.7 Å². The number of aliphatic hydroxyl groups is 1. The number of carbonyl (C=O) groups is 1. The first-order valence-electron chi connectivity index (χ1n) is 5.96. The van der Waals surface area contributed by atoms with Crippen molar-refractivity contribution in [2.75, 3.05) is 24.3 Å². The summed E-state index contributed by atoms with van der Waals surface area (Å²) in [6.07, 6.45) is -2.91. The van der Waals surface area contributed by atoms with Gasteiger partial charge in [0, 0.05) is 6.54 Å². The molecule has 0 radical (unpaired) electrons. The Morgan fingerprint density at radius 2 is 2.00 bits per heavy atom. The average Bonchev–Trinajstić information content (AvgIpc) is 2.40. The van der Waals surface area contributed by atoms with Gasteiger partial charge in [-0.2, -0.15) is 11.8 Å². The number of halogens is 2. The van der Waals surface area contributed by atoms with Gasteiger partial charge < -0.3 is 10.4 Å². The highest BCUT2D eigenvalue weighted by atomic mass is 32.2. The molecule has 2 atom stereocenters. The van der Waals surface area contributed by atoms with Crippen LogP contribution in [0.5, 0.6) is 0 Å². The number of amides is 1. The molecule has 0 aliphatic carbocycles. The third-order valence-electron chi connectivity index (χ3n) is 2.41. The van der Waals surface area contributed by atoms with Crippen molar-refractivity contribution in [1.82, 2.24) is 10.0 Å². The number of rotatable bonds is 10. The van der Waals surface area contributed by atoms with E-state index in [9.17, 15) is 22.0 Å². The Kier molecular flexibility index (Phi) is 9.27. The second kappa shape index (κ2) is 9.48. The monoisotopic (exact) mass is 334 g/mol. The molecule has 0 rings (SSSR count). The summed E-state index contributed by atoms with van der Waals surface area (Å²) < 4.78 is 49.3. The fourth-order valence-electron chi connectivity index (χ4n) is 1.20. The number of hydrogen-bond acceptors (Lipinski definition) is 5. The Balaban J connectivity index is 4.57. The summed E-state index contributed by atoms with van der Waals surface area (Å²) in [7, 11) is -3.58. The van der Waals surface area contributed by atoms with Crippen LogP contribution in [-0.2, 0) is 14.8 Å². The van der Waals surface area contributed by atoms with Crippen LogP contribution in [0, 0.1) is 0 Å². The van der Waals surface area contributed by atoms with Crippen molar-refractivity contribution < 1.29 is 27.1 Å². The van der Waals surface area contributed by atoms with Crippen molar-refractivity contribution in [3.8, 4) is 0 Å². The molecular formula is C10H20F2N2O4S2. The number of hydrogen-bond donors (Lipinski definition) is 3. The van der Waals surface area contributed by atoms with E-state index in [1.807, 2.05) is 0 Å². The van der Waals surface area contributed by atoms with Crippen molar-refractivity contribution in [1.29, 1.82) is 0 Å². The highest BCUT2D eigenvalue weighted by Gasteiger charge is 2.25. The Bertz CT molecular complexity index is 393. The van der Waals surface area contributed by atoms with Gasteiger partial charge in [-0.15, -0.1) is 0 Å². The van der Waals surface area contributed by atoms with E-state index in [2.05, 4.69) is 10.0 Å². The molecular weight excluding hydrogens is 314 g/mol. The number of nitrogens with one attached hydrogen (secondary N) is 2. The summed E-state index contributed by atoms with van der Waals surface area (Å²) in [5.41, 5.74) is 0. The van der Waals surface area contributed by atoms with Gasteiger partial charge in [0.25, 0.3) is 6.43 Å². The van der Waals surface area contributed by atoms with Crippen molar-refractivity contribution >= 4 is 27.7 Å². The largest absolute Gasteiger partial charge is 0.385 e. The van der Waals surface area contributed by atoms with E-state index < -0.39 is 41.0 Å². The van der Waals surface area contributed by atoms with Crippen molar-refractivity contribution in [2.45, 2.75) is 31.9 Å². The molecule has 2 unspecified atom stereocenters. The van der Waals surface area contributed by atoms with Crippen LogP contribution in [0.1, 0.15) is 13.3 Å². The Morgan fingerprint density at radius 1 is 1.40 bits per heavy atom. The standard InChI is InChI=1S/C10H20F2N2O4S2/c1-3-20(17,18)14-7(4-5-19-2)10(16)13-6-8(15)9(11)12/h7-9,14-15H,3-6H2,1-2H3,(H,13,16). The van der Waals surface area contributed by atoms with Crippen molar-refractivity contribution in [3.05, 3.63) is 0 Å². The maximum Gasteiger partial charge on any atom is 0.265 e. The molecule has 0 saturated heterocycles. The minimum atomic E-state index is -3.58. The van der Waals surface area contributed by atoms with Gasteiger partial charge in [0.15, 0.2) is 0 Å². The van der Waals surface area contributed by atoms with Gasteiger partial charge >= 0.3 is 0 Å². The molecule has 0 fully saturated rings. The lowest BCUT2D eigenvalue weighted by Gasteiger charge is -2.19. The summed E-state index contributed by atoms with van der Waals surface area (Å²) in [4.78, 5) is 11.8. The third-order valence-corrected chi connectivity index (χ3v) is 4.45. The minimum absolute atomic E-state index is 0.185. The van der Waals surface area contributed by atoms with Crippen LogP contribution in [-0.4, -0.2) is 62.3 Å². The molecule has 3 N–H and O–H groups in total. The molecule has 6 nitrogen and oxygen atoms in total. The number of aliphatic hydroxyl groups excluding tert-OH is 1. The van der Waals surface area contributed by atoms with Gasteiger partial charge in [-0.1, -0.05) is 0 Å². The zero-order valence-electron chi connectivity index (χ0n) is 11.3. The molecule has 0 aromatic rings. The normalized spacial score (nSPS) is 15.1. The van der Waals surface area contributed by atoms with Gasteiger partial charge in [-0.3, -0.25) is 4.79 Å².